The van der Waals surface area contributed by atoms with Crippen LogP contribution in [0.3, 0.4) is 0 Å². The molecule has 1 aliphatic heterocycles. The van der Waals surface area contributed by atoms with E-state index in [2.05, 4.69) is 10.2 Å². The molecular formula is C20H21ClN4O4S. The molecule has 30 heavy (non-hydrogen) atoms. The van der Waals surface area contributed by atoms with Crippen LogP contribution in [-0.4, -0.2) is 60.3 Å². The minimum Gasteiger partial charge on any atom is -0.495 e. The van der Waals surface area contributed by atoms with Crippen LogP contribution < -0.4 is 20.7 Å². The largest absolute Gasteiger partial charge is 0.495 e. The third-order valence-electron chi connectivity index (χ3n) is 4.82. The number of carbonyl (C=O) groups is 2. The molecule has 0 saturated carbocycles. The highest BCUT2D eigenvalue weighted by atomic mass is 35.5. The van der Waals surface area contributed by atoms with E-state index < -0.39 is 11.9 Å². The average Bonchev–Trinajstić information content (AvgIpc) is 2.73. The zero-order valence-electron chi connectivity index (χ0n) is 16.2. The van der Waals surface area contributed by atoms with Crippen LogP contribution in [0.2, 0.25) is 5.02 Å². The van der Waals surface area contributed by atoms with Crippen LogP contribution in [-0.2, 0) is 0 Å². The summed E-state index contributed by atoms with van der Waals surface area (Å²) in [6.07, 6.45) is 0. The molecule has 0 atom stereocenters. The van der Waals surface area contributed by atoms with Crippen molar-refractivity contribution in [2.75, 3.05) is 43.5 Å². The van der Waals surface area contributed by atoms with Gasteiger partial charge in [-0.25, -0.2) is 4.79 Å². The van der Waals surface area contributed by atoms with Gasteiger partial charge in [0.1, 0.15) is 5.75 Å². The van der Waals surface area contributed by atoms with Crippen molar-refractivity contribution in [1.29, 1.82) is 0 Å². The fourth-order valence-corrected chi connectivity index (χ4v) is 3.77. The normalized spacial score (nSPS) is 13.7. The number of carboxylic acid groups (broad SMARTS) is 1. The second-order valence-corrected chi connectivity index (χ2v) is 7.45. The number of nitrogens with two attached hydrogens (primary N) is 1. The maximum atomic E-state index is 11.4. The summed E-state index contributed by atoms with van der Waals surface area (Å²) in [5.41, 5.74) is 7.29. The summed E-state index contributed by atoms with van der Waals surface area (Å²) in [6.45, 7) is 2.75. The summed E-state index contributed by atoms with van der Waals surface area (Å²) in [6, 6.07) is 9.76. The Morgan fingerprint density at radius 2 is 1.87 bits per heavy atom. The summed E-state index contributed by atoms with van der Waals surface area (Å²) in [4.78, 5) is 26.6. The number of halogens is 1. The molecule has 2 aromatic carbocycles. The zero-order chi connectivity index (χ0) is 21.8. The van der Waals surface area contributed by atoms with Crippen LogP contribution in [0.5, 0.6) is 5.75 Å². The van der Waals surface area contributed by atoms with E-state index >= 15 is 0 Å². The van der Waals surface area contributed by atoms with Gasteiger partial charge in [-0.05, 0) is 48.6 Å². The van der Waals surface area contributed by atoms with E-state index in [9.17, 15) is 9.59 Å². The molecule has 0 radical (unpaired) electrons. The molecule has 0 aromatic heterocycles. The number of carboxylic acids is 1. The standard InChI is InChI=1S/C20H21ClN4O4S/c1-29-17-10-12(18(22)26)2-5-16(17)24-6-8-25(9-7-24)20(30)23-13-3-4-14(19(27)28)15(21)11-13/h2-5,10-11H,6-9H2,1H3,(H2,22,26)(H,23,30)(H,27,28). The highest BCUT2D eigenvalue weighted by Crippen LogP contribution is 2.30. The molecule has 8 nitrogen and oxygen atoms in total. The number of hydrogen-bond donors (Lipinski definition) is 3. The number of ether oxygens (including phenoxy) is 1. The molecule has 0 aliphatic carbocycles. The Kier molecular flexibility index (Phi) is 6.63. The predicted molar refractivity (Wildman–Crippen MR) is 120 cm³/mol. The van der Waals surface area contributed by atoms with E-state index in [1.54, 1.807) is 31.4 Å². The van der Waals surface area contributed by atoms with Crippen LogP contribution in [0.4, 0.5) is 11.4 Å². The van der Waals surface area contributed by atoms with Gasteiger partial charge in [0.25, 0.3) is 0 Å². The molecule has 1 saturated heterocycles. The molecule has 1 fully saturated rings. The summed E-state index contributed by atoms with van der Waals surface area (Å²) >= 11 is 11.5. The number of methoxy groups -OCH3 is 1. The van der Waals surface area contributed by atoms with E-state index in [1.807, 2.05) is 11.0 Å². The molecule has 2 aromatic rings. The van der Waals surface area contributed by atoms with Crippen molar-refractivity contribution < 1.29 is 19.4 Å². The van der Waals surface area contributed by atoms with Crippen molar-refractivity contribution >= 4 is 52.2 Å². The van der Waals surface area contributed by atoms with Gasteiger partial charge in [-0.2, -0.15) is 0 Å². The number of carbonyl (C=O) groups excluding carboxylic acids is 1. The van der Waals surface area contributed by atoms with Crippen LogP contribution in [0.15, 0.2) is 36.4 Å². The van der Waals surface area contributed by atoms with Gasteiger partial charge in [-0.3, -0.25) is 4.79 Å². The van der Waals surface area contributed by atoms with Gasteiger partial charge in [-0.1, -0.05) is 11.6 Å². The highest BCUT2D eigenvalue weighted by Gasteiger charge is 2.22. The van der Waals surface area contributed by atoms with Crippen LogP contribution in [0.1, 0.15) is 20.7 Å². The lowest BCUT2D eigenvalue weighted by Gasteiger charge is -2.38. The molecule has 0 unspecified atom stereocenters. The number of primary amides is 1. The van der Waals surface area contributed by atoms with Crippen LogP contribution in [0.25, 0.3) is 0 Å². The molecule has 1 amide bonds. The number of nitrogens with zero attached hydrogens (tertiary/aromatic N) is 2. The lowest BCUT2D eigenvalue weighted by Crippen LogP contribution is -2.50. The highest BCUT2D eigenvalue weighted by molar-refractivity contribution is 7.80. The van der Waals surface area contributed by atoms with Gasteiger partial charge in [0, 0.05) is 37.4 Å². The molecule has 3 rings (SSSR count). The van der Waals surface area contributed by atoms with Gasteiger partial charge in [0.2, 0.25) is 5.91 Å². The van der Waals surface area contributed by atoms with Gasteiger partial charge in [0.15, 0.2) is 5.11 Å². The van der Waals surface area contributed by atoms with Gasteiger partial charge in [-0.15, -0.1) is 0 Å². The second-order valence-electron chi connectivity index (χ2n) is 6.65. The van der Waals surface area contributed by atoms with Crippen molar-refractivity contribution in [3.8, 4) is 5.75 Å². The third-order valence-corrected chi connectivity index (χ3v) is 5.50. The number of thiocarbonyl (C=S) groups is 1. The second kappa shape index (κ2) is 9.19. The number of nitrogens with one attached hydrogen (secondary N) is 1. The minimum absolute atomic E-state index is 0.0399. The maximum absolute atomic E-state index is 11.4. The Morgan fingerprint density at radius 1 is 1.17 bits per heavy atom. The number of rotatable bonds is 5. The maximum Gasteiger partial charge on any atom is 0.337 e. The Balaban J connectivity index is 1.63. The number of amides is 1. The first-order valence-corrected chi connectivity index (χ1v) is 9.90. The zero-order valence-corrected chi connectivity index (χ0v) is 17.8. The van der Waals surface area contributed by atoms with Crippen LogP contribution >= 0.6 is 23.8 Å². The lowest BCUT2D eigenvalue weighted by molar-refractivity contribution is 0.0697. The molecular weight excluding hydrogens is 428 g/mol. The summed E-state index contributed by atoms with van der Waals surface area (Å²) in [5.74, 6) is -0.990. The first-order chi connectivity index (χ1) is 14.3. The summed E-state index contributed by atoms with van der Waals surface area (Å²) < 4.78 is 5.42. The molecule has 4 N–H and O–H groups in total. The minimum atomic E-state index is -1.08. The van der Waals surface area contributed by atoms with E-state index in [0.29, 0.717) is 48.3 Å². The smallest absolute Gasteiger partial charge is 0.337 e. The number of aromatic carboxylic acids is 1. The van der Waals surface area contributed by atoms with Crippen molar-refractivity contribution in [3.05, 3.63) is 52.5 Å². The number of hydrogen-bond acceptors (Lipinski definition) is 5. The van der Waals surface area contributed by atoms with Crippen molar-refractivity contribution in [1.82, 2.24) is 4.90 Å². The molecule has 158 valence electrons. The Bertz CT molecular complexity index is 993. The SMILES string of the molecule is COc1cc(C(N)=O)ccc1N1CCN(C(=S)Nc2ccc(C(=O)O)c(Cl)c2)CC1. The molecule has 1 heterocycles. The third kappa shape index (κ3) is 4.74. The van der Waals surface area contributed by atoms with Gasteiger partial charge < -0.3 is 30.7 Å². The Labute approximate surface area is 184 Å². The Hall–Kier alpha value is -3.04. The number of benzene rings is 2. The number of anilines is 2. The topological polar surface area (TPSA) is 108 Å². The van der Waals surface area contributed by atoms with E-state index in [-0.39, 0.29) is 10.6 Å². The fraction of sp³-hybridized carbons (Fsp3) is 0.250. The molecule has 10 heteroatoms. The molecule has 0 spiro atoms. The van der Waals surface area contributed by atoms with E-state index in [4.69, 9.17) is 39.4 Å². The predicted octanol–water partition coefficient (Wildman–Crippen LogP) is 2.66. The van der Waals surface area contributed by atoms with Crippen molar-refractivity contribution in [2.45, 2.75) is 0 Å². The summed E-state index contributed by atoms with van der Waals surface area (Å²) in [7, 11) is 1.56. The van der Waals surface area contributed by atoms with Gasteiger partial charge >= 0.3 is 5.97 Å². The monoisotopic (exact) mass is 448 g/mol. The van der Waals surface area contributed by atoms with E-state index in [0.717, 1.165) is 5.69 Å². The van der Waals surface area contributed by atoms with Gasteiger partial charge in [0.05, 0.1) is 23.4 Å². The lowest BCUT2D eigenvalue weighted by atomic mass is 10.1. The molecule has 1 aliphatic rings. The quantitative estimate of drug-likeness (QED) is 0.599. The summed E-state index contributed by atoms with van der Waals surface area (Å²) in [5, 5.41) is 12.8. The first-order valence-electron chi connectivity index (χ1n) is 9.11. The average molecular weight is 449 g/mol. The van der Waals surface area contributed by atoms with E-state index in [1.165, 1.54) is 6.07 Å². The number of piperazine rings is 1. The van der Waals surface area contributed by atoms with Crippen LogP contribution in [0, 0.1) is 0 Å². The Morgan fingerprint density at radius 3 is 2.43 bits per heavy atom. The fourth-order valence-electron chi connectivity index (χ4n) is 3.21. The van der Waals surface area contributed by atoms with Crippen molar-refractivity contribution in [2.24, 2.45) is 5.73 Å². The van der Waals surface area contributed by atoms with Crippen molar-refractivity contribution in [3.63, 3.8) is 0 Å². The first kappa shape index (κ1) is 21.7. The molecule has 0 bridgehead atoms.